The lowest BCUT2D eigenvalue weighted by Gasteiger charge is -2.40. The van der Waals surface area contributed by atoms with Gasteiger partial charge in [0.2, 0.25) is 5.91 Å². The van der Waals surface area contributed by atoms with Gasteiger partial charge < -0.3 is 25.1 Å². The van der Waals surface area contributed by atoms with Gasteiger partial charge in [-0.15, -0.1) is 0 Å². The van der Waals surface area contributed by atoms with Crippen LogP contribution in [0.5, 0.6) is 0 Å². The lowest BCUT2D eigenvalue weighted by Crippen LogP contribution is -2.51. The number of para-hydroxylation sites is 1. The van der Waals surface area contributed by atoms with Crippen molar-refractivity contribution in [3.63, 3.8) is 0 Å². The van der Waals surface area contributed by atoms with Crippen molar-refractivity contribution in [1.82, 2.24) is 9.88 Å². The first-order chi connectivity index (χ1) is 13.9. The molecule has 8 nitrogen and oxygen atoms in total. The van der Waals surface area contributed by atoms with Crippen LogP contribution in [0.3, 0.4) is 0 Å². The van der Waals surface area contributed by atoms with Crippen molar-refractivity contribution in [2.75, 3.05) is 12.3 Å². The Bertz CT molecular complexity index is 1090. The van der Waals surface area contributed by atoms with E-state index in [1.165, 1.54) is 31.1 Å². The monoisotopic (exact) mass is 394 g/mol. The second kappa shape index (κ2) is 7.23. The Hall–Kier alpha value is -3.36. The van der Waals surface area contributed by atoms with Crippen LogP contribution < -0.4 is 5.23 Å². The van der Waals surface area contributed by atoms with E-state index < -0.39 is 18.1 Å². The molecule has 2 unspecified atom stereocenters. The number of esters is 1. The van der Waals surface area contributed by atoms with Gasteiger partial charge in [-0.2, -0.15) is 0 Å². The van der Waals surface area contributed by atoms with Crippen LogP contribution in [-0.4, -0.2) is 40.1 Å². The number of aromatic nitrogens is 1. The van der Waals surface area contributed by atoms with Crippen LogP contribution in [-0.2, 0) is 20.7 Å². The van der Waals surface area contributed by atoms with Gasteiger partial charge in [0.15, 0.2) is 0 Å². The van der Waals surface area contributed by atoms with E-state index in [1.807, 2.05) is 24.3 Å². The normalized spacial score (nSPS) is 18.4. The van der Waals surface area contributed by atoms with Crippen LogP contribution in [0.1, 0.15) is 29.8 Å². The van der Waals surface area contributed by atoms with Crippen molar-refractivity contribution in [2.45, 2.75) is 25.4 Å². The summed E-state index contributed by atoms with van der Waals surface area (Å²) in [6.07, 6.45) is 0.315. The van der Waals surface area contributed by atoms with Crippen LogP contribution in [0.25, 0.3) is 10.9 Å². The zero-order valence-electron chi connectivity index (χ0n) is 16.0. The van der Waals surface area contributed by atoms with Gasteiger partial charge in [0, 0.05) is 29.9 Å². The number of nitrogens with zero attached hydrogens (tertiary/aromatic N) is 2. The second-order valence-electron chi connectivity index (χ2n) is 7.00. The topological polar surface area (TPSA) is 109 Å². The summed E-state index contributed by atoms with van der Waals surface area (Å²) in [5, 5.41) is 21.5. The van der Waals surface area contributed by atoms with Crippen molar-refractivity contribution in [3.8, 4) is 0 Å². The third kappa shape index (κ3) is 3.12. The molecule has 1 aromatic heterocycles. The predicted molar refractivity (Wildman–Crippen MR) is 106 cm³/mol. The SMILES string of the molecule is COC(=O)C1Cc2c([nH]c3ccccc23)C(c2cccc(N([O-])O)c2)N1C(C)=O. The number of hydrogen-bond acceptors (Lipinski definition) is 6. The van der Waals surface area contributed by atoms with E-state index in [1.54, 1.807) is 12.1 Å². The third-order valence-corrected chi connectivity index (χ3v) is 5.38. The summed E-state index contributed by atoms with van der Waals surface area (Å²) in [5.74, 6) is -0.812. The molecule has 29 heavy (non-hydrogen) atoms. The van der Waals surface area contributed by atoms with Crippen molar-refractivity contribution >= 4 is 28.5 Å². The molecule has 4 rings (SSSR count). The molecule has 0 saturated carbocycles. The Labute approximate surface area is 166 Å². The maximum absolute atomic E-state index is 12.6. The number of carbonyl (C=O) groups excluding carboxylic acids is 2. The fraction of sp³-hybridized carbons (Fsp3) is 0.238. The molecule has 2 heterocycles. The average Bonchev–Trinajstić information content (AvgIpc) is 3.10. The summed E-state index contributed by atoms with van der Waals surface area (Å²) in [6, 6.07) is 12.6. The second-order valence-corrected chi connectivity index (χ2v) is 7.00. The molecule has 0 aliphatic carbocycles. The Morgan fingerprint density at radius 2 is 2.00 bits per heavy atom. The zero-order valence-corrected chi connectivity index (χ0v) is 16.0. The highest BCUT2D eigenvalue weighted by Crippen LogP contribution is 2.41. The molecule has 8 heteroatoms. The minimum atomic E-state index is -0.810. The highest BCUT2D eigenvalue weighted by Gasteiger charge is 2.42. The van der Waals surface area contributed by atoms with Crippen LogP contribution in [0.15, 0.2) is 48.5 Å². The lowest BCUT2D eigenvalue weighted by molar-refractivity contribution is -0.154. The summed E-state index contributed by atoms with van der Waals surface area (Å²) in [6.45, 7) is 1.40. The van der Waals surface area contributed by atoms with Crippen LogP contribution >= 0.6 is 0 Å². The van der Waals surface area contributed by atoms with Gasteiger partial charge >= 0.3 is 5.97 Å². The molecule has 1 aliphatic heterocycles. The molecule has 0 bridgehead atoms. The molecule has 2 aromatic carbocycles. The zero-order chi connectivity index (χ0) is 20.7. The number of nitrogens with one attached hydrogen (secondary N) is 1. The Morgan fingerprint density at radius 1 is 1.24 bits per heavy atom. The van der Waals surface area contributed by atoms with Gasteiger partial charge in [-0.1, -0.05) is 30.3 Å². The van der Waals surface area contributed by atoms with E-state index in [0.29, 0.717) is 12.0 Å². The van der Waals surface area contributed by atoms with Gasteiger partial charge in [-0.25, -0.2) is 4.79 Å². The van der Waals surface area contributed by atoms with E-state index in [2.05, 4.69) is 4.98 Å². The number of H-pyrrole nitrogens is 1. The summed E-state index contributed by atoms with van der Waals surface area (Å²) in [5.41, 5.74) is 3.21. The predicted octanol–water partition coefficient (Wildman–Crippen LogP) is 2.90. The number of benzene rings is 2. The average molecular weight is 394 g/mol. The summed E-state index contributed by atoms with van der Waals surface area (Å²) in [7, 11) is 1.29. The third-order valence-electron chi connectivity index (χ3n) is 5.38. The lowest BCUT2D eigenvalue weighted by atomic mass is 9.87. The van der Waals surface area contributed by atoms with Crippen LogP contribution in [0.4, 0.5) is 5.69 Å². The number of hydrogen-bond donors (Lipinski definition) is 2. The number of methoxy groups -OCH3 is 1. The minimum Gasteiger partial charge on any atom is -0.733 e. The molecule has 0 radical (unpaired) electrons. The summed E-state index contributed by atoms with van der Waals surface area (Å²) >= 11 is 0. The highest BCUT2D eigenvalue weighted by molar-refractivity contribution is 5.90. The molecule has 0 saturated heterocycles. The molecule has 0 spiro atoms. The molecule has 2 atom stereocenters. The number of aromatic amines is 1. The van der Waals surface area contributed by atoms with Crippen LogP contribution in [0.2, 0.25) is 0 Å². The Kier molecular flexibility index (Phi) is 4.73. The van der Waals surface area contributed by atoms with Gasteiger partial charge in [0.05, 0.1) is 18.8 Å². The highest BCUT2D eigenvalue weighted by atomic mass is 16.8. The quantitative estimate of drug-likeness (QED) is 0.522. The van der Waals surface area contributed by atoms with Gasteiger partial charge in [0.25, 0.3) is 0 Å². The summed E-state index contributed by atoms with van der Waals surface area (Å²) in [4.78, 5) is 30.1. The molecule has 3 aromatic rings. The standard InChI is InChI=1S/C21H20N3O5/c1-12(25)23-18(21(26)29-2)11-16-15-8-3-4-9-17(15)22-19(16)20(23)13-6-5-7-14(10-13)24(27)28/h3-10,18,20,22,27H,11H2,1-2H3/q-1. The fourth-order valence-electron chi connectivity index (χ4n) is 4.16. The van der Waals surface area contributed by atoms with Crippen LogP contribution in [0, 0.1) is 5.21 Å². The number of rotatable bonds is 3. The maximum atomic E-state index is 12.6. The molecule has 1 amide bonds. The van der Waals surface area contributed by atoms with E-state index in [0.717, 1.165) is 22.2 Å². The minimum absolute atomic E-state index is 0.0313. The van der Waals surface area contributed by atoms with Crippen molar-refractivity contribution in [1.29, 1.82) is 0 Å². The van der Waals surface area contributed by atoms with Gasteiger partial charge in [-0.3, -0.25) is 10.0 Å². The number of anilines is 1. The van der Waals surface area contributed by atoms with E-state index in [4.69, 9.17) is 4.74 Å². The smallest absolute Gasteiger partial charge is 0.328 e. The molecule has 150 valence electrons. The Morgan fingerprint density at radius 3 is 2.69 bits per heavy atom. The van der Waals surface area contributed by atoms with Gasteiger partial charge in [0.1, 0.15) is 6.04 Å². The molecular weight excluding hydrogens is 374 g/mol. The first-order valence-electron chi connectivity index (χ1n) is 9.14. The first-order valence-corrected chi connectivity index (χ1v) is 9.14. The van der Waals surface area contributed by atoms with Gasteiger partial charge in [-0.05, 0) is 29.3 Å². The Balaban J connectivity index is 1.98. The van der Waals surface area contributed by atoms with Crippen molar-refractivity contribution in [3.05, 3.63) is 70.6 Å². The number of fused-ring (bicyclic) bond motifs is 3. The largest absolute Gasteiger partial charge is 0.733 e. The van der Waals surface area contributed by atoms with Crippen molar-refractivity contribution < 1.29 is 19.5 Å². The van der Waals surface area contributed by atoms with E-state index in [9.17, 15) is 20.0 Å². The molecule has 2 N–H and O–H groups in total. The summed E-state index contributed by atoms with van der Waals surface area (Å²) < 4.78 is 4.98. The van der Waals surface area contributed by atoms with E-state index >= 15 is 0 Å². The maximum Gasteiger partial charge on any atom is 0.328 e. The number of ether oxygens (including phenoxy) is 1. The molecule has 0 fully saturated rings. The number of carbonyl (C=O) groups is 2. The fourth-order valence-corrected chi connectivity index (χ4v) is 4.16. The first kappa shape index (κ1) is 19.0. The number of amides is 1. The van der Waals surface area contributed by atoms with Crippen molar-refractivity contribution in [2.24, 2.45) is 0 Å². The molecular formula is C21H20N3O5-. The molecule has 1 aliphatic rings. The van der Waals surface area contributed by atoms with E-state index in [-0.39, 0.29) is 16.8 Å².